The Kier molecular flexibility index (Phi) is 6.82. The van der Waals surface area contributed by atoms with Gasteiger partial charge in [-0.25, -0.2) is 4.98 Å². The zero-order valence-corrected chi connectivity index (χ0v) is 18.5. The third-order valence-electron chi connectivity index (χ3n) is 6.05. The lowest BCUT2D eigenvalue weighted by atomic mass is 10.1. The SMILES string of the molecule is CCC1CN(Cc2ccccc2)CCN1C(=O)CCc1ncc(-c2ccc(C)cc2)o1. The highest BCUT2D eigenvalue weighted by atomic mass is 16.4. The molecule has 1 aliphatic heterocycles. The summed E-state index contributed by atoms with van der Waals surface area (Å²) in [6, 6.07) is 19.0. The first-order valence-corrected chi connectivity index (χ1v) is 11.2. The Morgan fingerprint density at radius 2 is 1.87 bits per heavy atom. The number of benzene rings is 2. The quantitative estimate of drug-likeness (QED) is 0.559. The first kappa shape index (κ1) is 21.3. The van der Waals surface area contributed by atoms with Crippen molar-refractivity contribution in [2.45, 2.75) is 45.7 Å². The molecule has 0 bridgehead atoms. The fourth-order valence-corrected chi connectivity index (χ4v) is 4.22. The third kappa shape index (κ3) is 5.42. The van der Waals surface area contributed by atoms with Gasteiger partial charge in [-0.15, -0.1) is 0 Å². The van der Waals surface area contributed by atoms with Gasteiger partial charge in [-0.1, -0.05) is 67.1 Å². The fourth-order valence-electron chi connectivity index (χ4n) is 4.22. The molecule has 1 saturated heterocycles. The Labute approximate surface area is 184 Å². The van der Waals surface area contributed by atoms with Gasteiger partial charge in [0, 0.05) is 50.6 Å². The van der Waals surface area contributed by atoms with Crippen molar-refractivity contribution in [1.82, 2.24) is 14.8 Å². The Morgan fingerprint density at radius 3 is 2.61 bits per heavy atom. The number of piperazine rings is 1. The maximum Gasteiger partial charge on any atom is 0.223 e. The molecule has 4 rings (SSSR count). The zero-order chi connectivity index (χ0) is 21.6. The second-order valence-electron chi connectivity index (χ2n) is 8.35. The molecule has 1 atom stereocenters. The van der Waals surface area contributed by atoms with Gasteiger partial charge in [0.05, 0.1) is 6.20 Å². The van der Waals surface area contributed by atoms with Crippen LogP contribution in [0.15, 0.2) is 65.2 Å². The van der Waals surface area contributed by atoms with Crippen molar-refractivity contribution in [2.75, 3.05) is 19.6 Å². The second-order valence-corrected chi connectivity index (χ2v) is 8.35. The smallest absolute Gasteiger partial charge is 0.223 e. The number of carbonyl (C=O) groups excluding carboxylic acids is 1. The van der Waals surface area contributed by atoms with Crippen LogP contribution < -0.4 is 0 Å². The minimum atomic E-state index is 0.196. The summed E-state index contributed by atoms with van der Waals surface area (Å²) in [5, 5.41) is 0. The number of carbonyl (C=O) groups is 1. The summed E-state index contributed by atoms with van der Waals surface area (Å²) >= 11 is 0. The second kappa shape index (κ2) is 9.92. The number of rotatable bonds is 7. The number of hydrogen-bond donors (Lipinski definition) is 0. The van der Waals surface area contributed by atoms with Gasteiger partial charge in [0.2, 0.25) is 5.91 Å². The Bertz CT molecular complexity index is 981. The number of oxazole rings is 1. The van der Waals surface area contributed by atoms with Crippen LogP contribution in [0, 0.1) is 6.92 Å². The number of aromatic nitrogens is 1. The molecule has 0 N–H and O–H groups in total. The molecular formula is C26H31N3O2. The van der Waals surface area contributed by atoms with Crippen LogP contribution in [0.2, 0.25) is 0 Å². The molecular weight excluding hydrogens is 386 g/mol. The van der Waals surface area contributed by atoms with Crippen molar-refractivity contribution in [3.63, 3.8) is 0 Å². The Hall–Kier alpha value is -2.92. The minimum Gasteiger partial charge on any atom is -0.441 e. The molecule has 1 aliphatic rings. The first-order valence-electron chi connectivity index (χ1n) is 11.2. The summed E-state index contributed by atoms with van der Waals surface area (Å²) in [6.07, 6.45) is 3.68. The molecule has 0 radical (unpaired) electrons. The summed E-state index contributed by atoms with van der Waals surface area (Å²) in [6.45, 7) is 7.79. The number of nitrogens with zero attached hydrogens (tertiary/aromatic N) is 3. The molecule has 3 aromatic rings. The lowest BCUT2D eigenvalue weighted by Gasteiger charge is -2.41. The standard InChI is InChI=1S/C26H31N3O2/c1-3-23-19-28(18-21-7-5-4-6-8-21)15-16-29(23)26(30)14-13-25-27-17-24(31-25)22-11-9-20(2)10-12-22/h4-12,17,23H,3,13-16,18-19H2,1-2H3. The molecule has 2 aromatic carbocycles. The van der Waals surface area contributed by atoms with Gasteiger partial charge in [-0.05, 0) is 18.9 Å². The third-order valence-corrected chi connectivity index (χ3v) is 6.05. The molecule has 162 valence electrons. The molecule has 1 aromatic heterocycles. The van der Waals surface area contributed by atoms with Crippen LogP contribution >= 0.6 is 0 Å². The van der Waals surface area contributed by atoms with Crippen molar-refractivity contribution < 1.29 is 9.21 Å². The number of aryl methyl sites for hydroxylation is 2. The van der Waals surface area contributed by atoms with E-state index < -0.39 is 0 Å². The maximum absolute atomic E-state index is 13.0. The lowest BCUT2D eigenvalue weighted by Crippen LogP contribution is -2.54. The van der Waals surface area contributed by atoms with Crippen LogP contribution in [0.25, 0.3) is 11.3 Å². The van der Waals surface area contributed by atoms with Crippen LogP contribution in [0.3, 0.4) is 0 Å². The molecule has 5 heteroatoms. The van der Waals surface area contributed by atoms with E-state index in [1.54, 1.807) is 6.20 Å². The van der Waals surface area contributed by atoms with E-state index in [0.29, 0.717) is 18.7 Å². The molecule has 5 nitrogen and oxygen atoms in total. The normalized spacial score (nSPS) is 17.1. The lowest BCUT2D eigenvalue weighted by molar-refractivity contribution is -0.136. The molecule has 0 spiro atoms. The molecule has 1 fully saturated rings. The van der Waals surface area contributed by atoms with E-state index in [9.17, 15) is 4.79 Å². The highest BCUT2D eigenvalue weighted by Gasteiger charge is 2.29. The Balaban J connectivity index is 1.31. The van der Waals surface area contributed by atoms with Crippen molar-refractivity contribution in [1.29, 1.82) is 0 Å². The van der Waals surface area contributed by atoms with E-state index in [-0.39, 0.29) is 11.9 Å². The van der Waals surface area contributed by atoms with E-state index in [4.69, 9.17) is 4.42 Å². The molecule has 2 heterocycles. The van der Waals surface area contributed by atoms with E-state index in [2.05, 4.69) is 65.0 Å². The molecule has 1 unspecified atom stereocenters. The van der Waals surface area contributed by atoms with Gasteiger partial charge in [0.25, 0.3) is 0 Å². The van der Waals surface area contributed by atoms with E-state index in [1.165, 1.54) is 11.1 Å². The highest BCUT2D eigenvalue weighted by molar-refractivity contribution is 5.77. The van der Waals surface area contributed by atoms with Crippen LogP contribution in [0.4, 0.5) is 0 Å². The van der Waals surface area contributed by atoms with Gasteiger partial charge in [-0.2, -0.15) is 0 Å². The predicted octanol–water partition coefficient (Wildman–Crippen LogP) is 4.71. The topological polar surface area (TPSA) is 49.6 Å². The van der Waals surface area contributed by atoms with Crippen LogP contribution in [0.5, 0.6) is 0 Å². The monoisotopic (exact) mass is 417 g/mol. The van der Waals surface area contributed by atoms with Gasteiger partial charge in [-0.3, -0.25) is 9.69 Å². The van der Waals surface area contributed by atoms with Crippen LogP contribution in [-0.2, 0) is 17.8 Å². The predicted molar refractivity (Wildman–Crippen MR) is 123 cm³/mol. The molecule has 0 aliphatic carbocycles. The van der Waals surface area contributed by atoms with Gasteiger partial charge < -0.3 is 9.32 Å². The van der Waals surface area contributed by atoms with Gasteiger partial charge in [0.1, 0.15) is 0 Å². The highest BCUT2D eigenvalue weighted by Crippen LogP contribution is 2.22. The summed E-state index contributed by atoms with van der Waals surface area (Å²) in [5.74, 6) is 1.57. The maximum atomic E-state index is 13.0. The summed E-state index contributed by atoms with van der Waals surface area (Å²) in [5.41, 5.74) is 3.55. The number of amides is 1. The van der Waals surface area contributed by atoms with Crippen molar-refractivity contribution >= 4 is 5.91 Å². The van der Waals surface area contributed by atoms with Gasteiger partial charge >= 0.3 is 0 Å². The van der Waals surface area contributed by atoms with Crippen LogP contribution in [0.1, 0.15) is 36.8 Å². The van der Waals surface area contributed by atoms with Gasteiger partial charge in [0.15, 0.2) is 11.7 Å². The van der Waals surface area contributed by atoms with Crippen molar-refractivity contribution in [2.24, 2.45) is 0 Å². The molecule has 1 amide bonds. The fraction of sp³-hybridized carbons (Fsp3) is 0.385. The number of hydrogen-bond acceptors (Lipinski definition) is 4. The van der Waals surface area contributed by atoms with Crippen LogP contribution in [-0.4, -0.2) is 46.4 Å². The summed E-state index contributed by atoms with van der Waals surface area (Å²) < 4.78 is 5.89. The van der Waals surface area contributed by atoms with Crippen molar-refractivity contribution in [3.8, 4) is 11.3 Å². The van der Waals surface area contributed by atoms with E-state index >= 15 is 0 Å². The zero-order valence-electron chi connectivity index (χ0n) is 18.5. The van der Waals surface area contributed by atoms with Crippen molar-refractivity contribution in [3.05, 3.63) is 77.8 Å². The summed E-state index contributed by atoms with van der Waals surface area (Å²) in [4.78, 5) is 21.9. The Morgan fingerprint density at radius 1 is 1.10 bits per heavy atom. The first-order chi connectivity index (χ1) is 15.1. The van der Waals surface area contributed by atoms with E-state index in [0.717, 1.165) is 43.9 Å². The average molecular weight is 418 g/mol. The van der Waals surface area contributed by atoms with E-state index in [1.807, 2.05) is 18.2 Å². The minimum absolute atomic E-state index is 0.196. The summed E-state index contributed by atoms with van der Waals surface area (Å²) in [7, 11) is 0. The molecule has 31 heavy (non-hydrogen) atoms. The molecule has 0 saturated carbocycles. The average Bonchev–Trinajstić information content (AvgIpc) is 3.27. The largest absolute Gasteiger partial charge is 0.441 e.